The van der Waals surface area contributed by atoms with Crippen molar-refractivity contribution < 1.29 is 19.0 Å². The van der Waals surface area contributed by atoms with E-state index in [2.05, 4.69) is 16.4 Å². The first-order valence-corrected chi connectivity index (χ1v) is 9.31. The van der Waals surface area contributed by atoms with Crippen molar-refractivity contribution in [3.8, 4) is 28.5 Å². The van der Waals surface area contributed by atoms with Crippen molar-refractivity contribution in [2.24, 2.45) is 0 Å². The summed E-state index contributed by atoms with van der Waals surface area (Å²) in [5.74, 6) is 1.73. The van der Waals surface area contributed by atoms with Gasteiger partial charge in [-0.15, -0.1) is 11.3 Å². The third kappa shape index (κ3) is 3.46. The maximum absolute atomic E-state index is 12.6. The Balaban J connectivity index is 1.53. The maximum Gasteiger partial charge on any atom is 0.261 e. The van der Waals surface area contributed by atoms with E-state index in [1.807, 2.05) is 17.5 Å². The van der Waals surface area contributed by atoms with E-state index in [-0.39, 0.29) is 5.91 Å². The quantitative estimate of drug-likeness (QED) is 0.722. The van der Waals surface area contributed by atoms with Gasteiger partial charge in [0.05, 0.1) is 32.1 Å². The number of anilines is 1. The predicted octanol–water partition coefficient (Wildman–Crippen LogP) is 4.01. The van der Waals surface area contributed by atoms with Crippen LogP contribution >= 0.6 is 11.3 Å². The lowest BCUT2D eigenvalue weighted by molar-refractivity contribution is 0.102. The van der Waals surface area contributed by atoms with Gasteiger partial charge in [0.2, 0.25) is 0 Å². The van der Waals surface area contributed by atoms with Crippen molar-refractivity contribution in [1.29, 1.82) is 0 Å². The molecule has 3 aromatic rings. The van der Waals surface area contributed by atoms with Gasteiger partial charge in [0.1, 0.15) is 17.2 Å². The number of hydrogen-bond acceptors (Lipinski definition) is 6. The number of carbonyl (C=O) groups excluding carboxylic acids is 1. The molecule has 0 spiro atoms. The fraction of sp³-hybridized carbons (Fsp3) is 0.200. The highest BCUT2D eigenvalue weighted by molar-refractivity contribution is 7.14. The Morgan fingerprint density at radius 2 is 2.07 bits per heavy atom. The Labute approximate surface area is 160 Å². The van der Waals surface area contributed by atoms with Crippen LogP contribution in [0.4, 0.5) is 5.13 Å². The Hall–Kier alpha value is -3.06. The molecule has 2 aromatic carbocycles. The number of amides is 1. The molecule has 0 unspecified atom stereocenters. The van der Waals surface area contributed by atoms with E-state index in [0.29, 0.717) is 22.2 Å². The lowest BCUT2D eigenvalue weighted by Gasteiger charge is -2.09. The van der Waals surface area contributed by atoms with Crippen molar-refractivity contribution >= 4 is 22.4 Å². The smallest absolute Gasteiger partial charge is 0.261 e. The molecule has 2 heterocycles. The third-order valence-corrected chi connectivity index (χ3v) is 5.12. The normalized spacial score (nSPS) is 12.2. The summed E-state index contributed by atoms with van der Waals surface area (Å²) in [4.78, 5) is 17.2. The van der Waals surface area contributed by atoms with Gasteiger partial charge in [0.15, 0.2) is 5.13 Å². The van der Waals surface area contributed by atoms with Crippen molar-refractivity contribution in [3.05, 3.63) is 52.9 Å². The molecule has 0 saturated carbocycles. The van der Waals surface area contributed by atoms with E-state index in [1.165, 1.54) is 24.0 Å². The van der Waals surface area contributed by atoms with Crippen molar-refractivity contribution in [2.45, 2.75) is 6.42 Å². The fourth-order valence-corrected chi connectivity index (χ4v) is 3.67. The van der Waals surface area contributed by atoms with Gasteiger partial charge in [-0.25, -0.2) is 4.98 Å². The fourth-order valence-electron chi connectivity index (χ4n) is 2.96. The molecular formula is C20H18N2O4S. The van der Waals surface area contributed by atoms with E-state index in [4.69, 9.17) is 14.2 Å². The van der Waals surface area contributed by atoms with Gasteiger partial charge in [-0.2, -0.15) is 0 Å². The molecule has 6 nitrogen and oxygen atoms in total. The molecule has 1 aliphatic heterocycles. The molecule has 1 amide bonds. The molecule has 27 heavy (non-hydrogen) atoms. The number of benzene rings is 2. The summed E-state index contributed by atoms with van der Waals surface area (Å²) in [6, 6.07) is 11.1. The van der Waals surface area contributed by atoms with Crippen LogP contribution in [0.5, 0.6) is 17.2 Å². The van der Waals surface area contributed by atoms with Crippen LogP contribution < -0.4 is 19.5 Å². The van der Waals surface area contributed by atoms with E-state index in [0.717, 1.165) is 30.0 Å². The van der Waals surface area contributed by atoms with Crippen LogP contribution in [0.1, 0.15) is 15.9 Å². The zero-order valence-electron chi connectivity index (χ0n) is 14.9. The van der Waals surface area contributed by atoms with Gasteiger partial charge >= 0.3 is 0 Å². The van der Waals surface area contributed by atoms with Gasteiger partial charge in [0.25, 0.3) is 5.91 Å². The minimum Gasteiger partial charge on any atom is -0.497 e. The third-order valence-electron chi connectivity index (χ3n) is 4.36. The summed E-state index contributed by atoms with van der Waals surface area (Å²) in [6.07, 6.45) is 0.911. The average molecular weight is 382 g/mol. The number of ether oxygens (including phenoxy) is 3. The standard InChI is InChI=1S/C20H18N2O4S/c1-24-14-4-5-15(18(10-14)25-2)19(23)22-20-21-16(11-27-20)12-3-6-17-13(9-12)7-8-26-17/h3-6,9-11H,7-8H2,1-2H3,(H,21,22,23). The number of thiazole rings is 1. The van der Waals surface area contributed by atoms with Gasteiger partial charge in [-0.3, -0.25) is 10.1 Å². The molecule has 1 aromatic heterocycles. The molecule has 0 aliphatic carbocycles. The highest BCUT2D eigenvalue weighted by Gasteiger charge is 2.17. The molecule has 0 radical (unpaired) electrons. The number of methoxy groups -OCH3 is 2. The molecule has 0 atom stereocenters. The summed E-state index contributed by atoms with van der Waals surface area (Å²) >= 11 is 1.38. The molecular weight excluding hydrogens is 364 g/mol. The molecule has 4 rings (SSSR count). The molecule has 0 fully saturated rings. The maximum atomic E-state index is 12.6. The lowest BCUT2D eigenvalue weighted by Crippen LogP contribution is -2.13. The summed E-state index contributed by atoms with van der Waals surface area (Å²) in [5.41, 5.74) is 3.45. The zero-order valence-corrected chi connectivity index (χ0v) is 15.8. The monoisotopic (exact) mass is 382 g/mol. The molecule has 1 aliphatic rings. The number of hydrogen-bond donors (Lipinski definition) is 1. The van der Waals surface area contributed by atoms with Crippen LogP contribution in [0, 0.1) is 0 Å². The van der Waals surface area contributed by atoms with Gasteiger partial charge in [-0.1, -0.05) is 0 Å². The SMILES string of the molecule is COc1ccc(C(=O)Nc2nc(-c3ccc4c(c3)CCO4)cs2)c(OC)c1. The topological polar surface area (TPSA) is 69.7 Å². The predicted molar refractivity (Wildman–Crippen MR) is 104 cm³/mol. The van der Waals surface area contributed by atoms with Crippen LogP contribution in [-0.2, 0) is 6.42 Å². The summed E-state index contributed by atoms with van der Waals surface area (Å²) in [6.45, 7) is 0.723. The first kappa shape index (κ1) is 17.4. The number of rotatable bonds is 5. The number of carbonyl (C=O) groups is 1. The number of nitrogens with one attached hydrogen (secondary N) is 1. The van der Waals surface area contributed by atoms with Crippen LogP contribution in [0.25, 0.3) is 11.3 Å². The van der Waals surface area contributed by atoms with Crippen molar-refractivity contribution in [1.82, 2.24) is 4.98 Å². The Kier molecular flexibility index (Phi) is 4.68. The summed E-state index contributed by atoms with van der Waals surface area (Å²) in [7, 11) is 3.08. The van der Waals surface area contributed by atoms with Crippen LogP contribution in [0.3, 0.4) is 0 Å². The van der Waals surface area contributed by atoms with Gasteiger partial charge < -0.3 is 14.2 Å². The molecule has 1 N–H and O–H groups in total. The van der Waals surface area contributed by atoms with E-state index < -0.39 is 0 Å². The first-order chi connectivity index (χ1) is 13.2. The average Bonchev–Trinajstić information content (AvgIpc) is 3.35. The second kappa shape index (κ2) is 7.28. The molecule has 138 valence electrons. The van der Waals surface area contributed by atoms with Crippen molar-refractivity contribution in [3.63, 3.8) is 0 Å². The second-order valence-corrected chi connectivity index (χ2v) is 6.84. The Morgan fingerprint density at radius 1 is 1.19 bits per heavy atom. The van der Waals surface area contributed by atoms with E-state index in [9.17, 15) is 4.79 Å². The van der Waals surface area contributed by atoms with E-state index >= 15 is 0 Å². The van der Waals surface area contributed by atoms with E-state index in [1.54, 1.807) is 25.3 Å². The Morgan fingerprint density at radius 3 is 2.89 bits per heavy atom. The zero-order chi connectivity index (χ0) is 18.8. The molecule has 0 bridgehead atoms. The highest BCUT2D eigenvalue weighted by atomic mass is 32.1. The largest absolute Gasteiger partial charge is 0.497 e. The van der Waals surface area contributed by atoms with Crippen LogP contribution in [0.15, 0.2) is 41.8 Å². The lowest BCUT2D eigenvalue weighted by atomic mass is 10.1. The van der Waals surface area contributed by atoms with Crippen molar-refractivity contribution in [2.75, 3.05) is 26.1 Å². The Bertz CT molecular complexity index is 999. The van der Waals surface area contributed by atoms with Gasteiger partial charge in [0, 0.05) is 23.4 Å². The van der Waals surface area contributed by atoms with Crippen LogP contribution in [0.2, 0.25) is 0 Å². The second-order valence-electron chi connectivity index (χ2n) is 5.98. The first-order valence-electron chi connectivity index (χ1n) is 8.43. The van der Waals surface area contributed by atoms with Crippen LogP contribution in [-0.4, -0.2) is 31.7 Å². The highest BCUT2D eigenvalue weighted by Crippen LogP contribution is 2.32. The summed E-state index contributed by atoms with van der Waals surface area (Å²) in [5, 5.41) is 5.30. The van der Waals surface area contributed by atoms with Gasteiger partial charge in [-0.05, 0) is 35.9 Å². The number of fused-ring (bicyclic) bond motifs is 1. The molecule has 7 heteroatoms. The minimum absolute atomic E-state index is 0.280. The number of nitrogens with zero attached hydrogens (tertiary/aromatic N) is 1. The molecule has 0 saturated heterocycles. The summed E-state index contributed by atoms with van der Waals surface area (Å²) < 4.78 is 16.0. The minimum atomic E-state index is -0.280. The number of aromatic nitrogens is 1.